The summed E-state index contributed by atoms with van der Waals surface area (Å²) in [6.07, 6.45) is -0.773. The number of benzene rings is 1. The molecule has 1 heterocycles. The fourth-order valence-corrected chi connectivity index (χ4v) is 4.21. The van der Waals surface area contributed by atoms with Gasteiger partial charge in [0.2, 0.25) is 0 Å². The van der Waals surface area contributed by atoms with Gasteiger partial charge in [-0.25, -0.2) is 8.42 Å². The molecular formula is C13H19NO3S. The number of aliphatic hydroxyl groups is 1. The number of aryl methyl sites for hydroxylation is 1. The van der Waals surface area contributed by atoms with Crippen molar-refractivity contribution in [1.82, 2.24) is 4.90 Å². The molecule has 0 amide bonds. The largest absolute Gasteiger partial charge is 0.390 e. The lowest BCUT2D eigenvalue weighted by atomic mass is 10.1. The molecule has 1 aromatic carbocycles. The molecule has 1 fully saturated rings. The Morgan fingerprint density at radius 1 is 1.28 bits per heavy atom. The Morgan fingerprint density at radius 3 is 2.39 bits per heavy atom. The standard InChI is InChI=1S/C13H19NO3S/c1-10-3-5-11(6-4-10)7-14(2)12-8-18(16,17)9-13(12)15/h3-6,12-13,15H,7-9H2,1-2H3/t12-,13+/m1/s1. The second-order valence-corrected chi connectivity index (χ2v) is 7.27. The fourth-order valence-electron chi connectivity index (χ4n) is 2.33. The molecular weight excluding hydrogens is 250 g/mol. The van der Waals surface area contributed by atoms with E-state index in [0.717, 1.165) is 5.56 Å². The molecule has 100 valence electrons. The molecule has 1 aliphatic heterocycles. The molecule has 0 bridgehead atoms. The van der Waals surface area contributed by atoms with Crippen LogP contribution in [0.1, 0.15) is 11.1 Å². The average Bonchev–Trinajstić information content (AvgIpc) is 2.55. The molecule has 0 aliphatic carbocycles. The minimum Gasteiger partial charge on any atom is -0.390 e. The van der Waals surface area contributed by atoms with Crippen LogP contribution >= 0.6 is 0 Å². The lowest BCUT2D eigenvalue weighted by Crippen LogP contribution is -2.40. The smallest absolute Gasteiger partial charge is 0.154 e. The highest BCUT2D eigenvalue weighted by Gasteiger charge is 2.38. The van der Waals surface area contributed by atoms with Crippen LogP contribution in [-0.4, -0.2) is 49.1 Å². The van der Waals surface area contributed by atoms with Crippen LogP contribution in [0.4, 0.5) is 0 Å². The van der Waals surface area contributed by atoms with Gasteiger partial charge in [-0.05, 0) is 19.5 Å². The molecule has 0 spiro atoms. The van der Waals surface area contributed by atoms with E-state index >= 15 is 0 Å². The van der Waals surface area contributed by atoms with Crippen LogP contribution in [-0.2, 0) is 16.4 Å². The van der Waals surface area contributed by atoms with Crippen LogP contribution in [0.15, 0.2) is 24.3 Å². The normalized spacial score (nSPS) is 26.7. The first-order valence-electron chi connectivity index (χ1n) is 6.02. The number of nitrogens with zero attached hydrogens (tertiary/aromatic N) is 1. The van der Waals surface area contributed by atoms with Crippen molar-refractivity contribution in [3.63, 3.8) is 0 Å². The molecule has 1 aliphatic rings. The van der Waals surface area contributed by atoms with E-state index in [1.807, 2.05) is 43.1 Å². The van der Waals surface area contributed by atoms with Crippen molar-refractivity contribution in [1.29, 1.82) is 0 Å². The van der Waals surface area contributed by atoms with Crippen molar-refractivity contribution in [2.75, 3.05) is 18.6 Å². The second-order valence-electron chi connectivity index (χ2n) is 5.11. The van der Waals surface area contributed by atoms with E-state index in [0.29, 0.717) is 6.54 Å². The van der Waals surface area contributed by atoms with Crippen LogP contribution in [0.2, 0.25) is 0 Å². The van der Waals surface area contributed by atoms with Gasteiger partial charge >= 0.3 is 0 Å². The summed E-state index contributed by atoms with van der Waals surface area (Å²) in [5, 5.41) is 9.80. The molecule has 0 radical (unpaired) electrons. The molecule has 2 rings (SSSR count). The molecule has 1 aromatic rings. The minimum absolute atomic E-state index is 0.0521. The summed E-state index contributed by atoms with van der Waals surface area (Å²) in [4.78, 5) is 1.92. The Kier molecular flexibility index (Phi) is 3.75. The van der Waals surface area contributed by atoms with Crippen LogP contribution in [0.5, 0.6) is 0 Å². The van der Waals surface area contributed by atoms with Gasteiger partial charge in [-0.1, -0.05) is 29.8 Å². The van der Waals surface area contributed by atoms with Gasteiger partial charge < -0.3 is 5.11 Å². The van der Waals surface area contributed by atoms with Crippen LogP contribution in [0.3, 0.4) is 0 Å². The zero-order valence-corrected chi connectivity index (χ0v) is 11.5. The number of hydrogen-bond acceptors (Lipinski definition) is 4. The molecule has 4 nitrogen and oxygen atoms in total. The van der Waals surface area contributed by atoms with E-state index in [9.17, 15) is 13.5 Å². The Bertz CT molecular complexity index is 510. The van der Waals surface area contributed by atoms with Crippen LogP contribution in [0, 0.1) is 6.92 Å². The van der Waals surface area contributed by atoms with Gasteiger partial charge in [-0.3, -0.25) is 4.90 Å². The van der Waals surface area contributed by atoms with Gasteiger partial charge in [0.15, 0.2) is 9.84 Å². The van der Waals surface area contributed by atoms with Crippen molar-refractivity contribution >= 4 is 9.84 Å². The molecule has 0 unspecified atom stereocenters. The highest BCUT2D eigenvalue weighted by atomic mass is 32.2. The number of likely N-dealkylation sites (N-methyl/N-ethyl adjacent to an activating group) is 1. The average molecular weight is 269 g/mol. The predicted octanol–water partition coefficient (Wildman–Crippen LogP) is 0.585. The molecule has 0 saturated carbocycles. The first kappa shape index (κ1) is 13.5. The summed E-state index contributed by atoms with van der Waals surface area (Å²) in [7, 11) is -1.22. The van der Waals surface area contributed by atoms with Crippen molar-refractivity contribution in [3.05, 3.63) is 35.4 Å². The summed E-state index contributed by atoms with van der Waals surface area (Å²) in [5.41, 5.74) is 2.32. The van der Waals surface area contributed by atoms with Crippen LogP contribution in [0.25, 0.3) is 0 Å². The van der Waals surface area contributed by atoms with Gasteiger partial charge in [0.05, 0.1) is 23.7 Å². The quantitative estimate of drug-likeness (QED) is 0.872. The lowest BCUT2D eigenvalue weighted by Gasteiger charge is -2.25. The van der Waals surface area contributed by atoms with E-state index in [-0.39, 0.29) is 17.5 Å². The zero-order chi connectivity index (χ0) is 13.3. The molecule has 1 saturated heterocycles. The van der Waals surface area contributed by atoms with Crippen molar-refractivity contribution in [3.8, 4) is 0 Å². The van der Waals surface area contributed by atoms with E-state index in [1.165, 1.54) is 5.56 Å². The first-order chi connectivity index (χ1) is 8.37. The lowest BCUT2D eigenvalue weighted by molar-refractivity contribution is 0.0958. The van der Waals surface area contributed by atoms with Gasteiger partial charge in [0.1, 0.15) is 0 Å². The van der Waals surface area contributed by atoms with Crippen molar-refractivity contribution in [2.24, 2.45) is 0 Å². The Balaban J connectivity index is 2.04. The molecule has 1 N–H and O–H groups in total. The number of rotatable bonds is 3. The highest BCUT2D eigenvalue weighted by molar-refractivity contribution is 7.91. The topological polar surface area (TPSA) is 57.6 Å². The van der Waals surface area contributed by atoms with Gasteiger partial charge in [0.25, 0.3) is 0 Å². The van der Waals surface area contributed by atoms with Gasteiger partial charge in [-0.2, -0.15) is 0 Å². The molecule has 0 aromatic heterocycles. The Labute approximate surface area is 108 Å². The summed E-state index contributed by atoms with van der Waals surface area (Å²) < 4.78 is 22.9. The molecule has 2 atom stereocenters. The third kappa shape index (κ3) is 3.10. The van der Waals surface area contributed by atoms with Crippen molar-refractivity contribution in [2.45, 2.75) is 25.6 Å². The van der Waals surface area contributed by atoms with E-state index in [4.69, 9.17) is 0 Å². The number of sulfone groups is 1. The highest BCUT2D eigenvalue weighted by Crippen LogP contribution is 2.19. The van der Waals surface area contributed by atoms with E-state index in [2.05, 4.69) is 0 Å². The monoisotopic (exact) mass is 269 g/mol. The minimum atomic E-state index is -3.08. The molecule has 18 heavy (non-hydrogen) atoms. The maximum Gasteiger partial charge on any atom is 0.154 e. The SMILES string of the molecule is Cc1ccc(CN(C)[C@@H]2CS(=O)(=O)C[C@@H]2O)cc1. The predicted molar refractivity (Wildman–Crippen MR) is 71.1 cm³/mol. The molecule has 5 heteroatoms. The fraction of sp³-hybridized carbons (Fsp3) is 0.538. The second kappa shape index (κ2) is 4.99. The van der Waals surface area contributed by atoms with Crippen LogP contribution < -0.4 is 0 Å². The summed E-state index contributed by atoms with van der Waals surface area (Å²) >= 11 is 0. The maximum atomic E-state index is 11.5. The maximum absolute atomic E-state index is 11.5. The van der Waals surface area contributed by atoms with E-state index in [1.54, 1.807) is 0 Å². The van der Waals surface area contributed by atoms with Gasteiger partial charge in [0, 0.05) is 6.54 Å². The number of hydrogen-bond donors (Lipinski definition) is 1. The first-order valence-corrected chi connectivity index (χ1v) is 7.84. The Morgan fingerprint density at radius 2 is 1.89 bits per heavy atom. The van der Waals surface area contributed by atoms with Crippen molar-refractivity contribution < 1.29 is 13.5 Å². The summed E-state index contributed by atoms with van der Waals surface area (Å²) in [5.74, 6) is -0.0631. The third-order valence-electron chi connectivity index (χ3n) is 3.41. The summed E-state index contributed by atoms with van der Waals surface area (Å²) in [6, 6.07) is 7.83. The third-order valence-corrected chi connectivity index (χ3v) is 5.11. The van der Waals surface area contributed by atoms with E-state index < -0.39 is 15.9 Å². The number of aliphatic hydroxyl groups excluding tert-OH is 1. The summed E-state index contributed by atoms with van der Waals surface area (Å²) in [6.45, 7) is 2.68. The Hall–Kier alpha value is -0.910. The zero-order valence-electron chi connectivity index (χ0n) is 10.7. The van der Waals surface area contributed by atoms with Gasteiger partial charge in [-0.15, -0.1) is 0 Å².